The minimum atomic E-state index is -0.522. The Hall–Kier alpha value is -2.17. The summed E-state index contributed by atoms with van der Waals surface area (Å²) in [6.45, 7) is 4.42. The smallest absolute Gasteiger partial charge is 0.263 e. The fraction of sp³-hybridized carbons (Fsp3) is 0.308. The zero-order chi connectivity index (χ0) is 13.0. The van der Waals surface area contributed by atoms with Crippen LogP contribution in [0.15, 0.2) is 30.9 Å². The second kappa shape index (κ2) is 5.44. The molecule has 0 radical (unpaired) electrons. The highest BCUT2D eigenvalue weighted by Gasteiger charge is 2.25. The van der Waals surface area contributed by atoms with Gasteiger partial charge in [-0.3, -0.25) is 4.79 Å². The van der Waals surface area contributed by atoms with Gasteiger partial charge in [0.2, 0.25) is 0 Å². The van der Waals surface area contributed by atoms with Gasteiger partial charge < -0.3 is 20.1 Å². The molecule has 0 fully saturated rings. The van der Waals surface area contributed by atoms with E-state index >= 15 is 0 Å². The molecule has 1 heterocycles. The van der Waals surface area contributed by atoms with Gasteiger partial charge in [-0.05, 0) is 12.1 Å². The Bertz CT molecular complexity index is 460. The molecule has 5 heteroatoms. The molecule has 2 N–H and O–H groups in total. The van der Waals surface area contributed by atoms with E-state index in [0.717, 1.165) is 11.4 Å². The van der Waals surface area contributed by atoms with Crippen molar-refractivity contribution in [1.82, 2.24) is 5.32 Å². The average Bonchev–Trinajstić information content (AvgIpc) is 2.43. The fourth-order valence-corrected chi connectivity index (χ4v) is 1.71. The van der Waals surface area contributed by atoms with Gasteiger partial charge in [0.15, 0.2) is 6.10 Å². The summed E-state index contributed by atoms with van der Waals surface area (Å²) in [5, 5.41) is 5.86. The molecule has 1 atom stereocenters. The molecule has 0 aromatic heterocycles. The highest BCUT2D eigenvalue weighted by atomic mass is 16.5. The molecular weight excluding hydrogens is 232 g/mol. The predicted molar refractivity (Wildman–Crippen MR) is 69.1 cm³/mol. The third-order valence-corrected chi connectivity index (χ3v) is 2.65. The van der Waals surface area contributed by atoms with Crippen molar-refractivity contribution in [1.29, 1.82) is 0 Å². The van der Waals surface area contributed by atoms with E-state index in [0.29, 0.717) is 18.8 Å². The topological polar surface area (TPSA) is 59.6 Å². The Kier molecular flexibility index (Phi) is 3.72. The van der Waals surface area contributed by atoms with Gasteiger partial charge in [0.25, 0.3) is 5.91 Å². The number of hydrogen-bond donors (Lipinski definition) is 2. The van der Waals surface area contributed by atoms with Crippen LogP contribution in [-0.2, 0) is 4.79 Å². The maximum Gasteiger partial charge on any atom is 0.263 e. The van der Waals surface area contributed by atoms with E-state index in [1.807, 2.05) is 6.07 Å². The summed E-state index contributed by atoms with van der Waals surface area (Å²) in [7, 11) is 1.61. The van der Waals surface area contributed by atoms with Crippen LogP contribution in [0, 0.1) is 0 Å². The van der Waals surface area contributed by atoms with Gasteiger partial charge in [0.05, 0.1) is 19.3 Å². The van der Waals surface area contributed by atoms with Crippen molar-refractivity contribution in [3.63, 3.8) is 0 Å². The van der Waals surface area contributed by atoms with E-state index in [-0.39, 0.29) is 5.91 Å². The Morgan fingerprint density at radius 2 is 2.56 bits per heavy atom. The van der Waals surface area contributed by atoms with Crippen molar-refractivity contribution in [3.8, 4) is 11.5 Å². The van der Waals surface area contributed by atoms with Gasteiger partial charge in [-0.25, -0.2) is 0 Å². The lowest BCUT2D eigenvalue weighted by atomic mass is 10.2. The molecule has 0 aliphatic carbocycles. The summed E-state index contributed by atoms with van der Waals surface area (Å²) in [5.74, 6) is 1.25. The van der Waals surface area contributed by atoms with Crippen LogP contribution in [0.2, 0.25) is 0 Å². The van der Waals surface area contributed by atoms with Gasteiger partial charge in [0.1, 0.15) is 11.5 Å². The van der Waals surface area contributed by atoms with E-state index in [4.69, 9.17) is 9.47 Å². The molecule has 0 saturated heterocycles. The largest absolute Gasteiger partial charge is 0.497 e. The molecule has 0 spiro atoms. The summed E-state index contributed by atoms with van der Waals surface area (Å²) in [6.07, 6.45) is 1.11. The zero-order valence-corrected chi connectivity index (χ0v) is 10.2. The van der Waals surface area contributed by atoms with Crippen molar-refractivity contribution in [3.05, 3.63) is 30.9 Å². The van der Waals surface area contributed by atoms with Crippen LogP contribution in [0.1, 0.15) is 0 Å². The molecule has 18 heavy (non-hydrogen) atoms. The van der Waals surface area contributed by atoms with Crippen LogP contribution < -0.4 is 20.1 Å². The predicted octanol–water partition coefficient (Wildman–Crippen LogP) is 1.17. The maximum absolute atomic E-state index is 11.7. The van der Waals surface area contributed by atoms with Crippen LogP contribution in [0.3, 0.4) is 0 Å². The third-order valence-electron chi connectivity index (χ3n) is 2.65. The standard InChI is InChI=1S/C13H16N2O3/c1-3-6-14-13(16)12-8-15-10-7-9(17-2)4-5-11(10)18-12/h3-5,7,12,15H,1,6,8H2,2H3,(H,14,16). The lowest BCUT2D eigenvalue weighted by molar-refractivity contribution is -0.127. The quantitative estimate of drug-likeness (QED) is 0.785. The summed E-state index contributed by atoms with van der Waals surface area (Å²) in [5.41, 5.74) is 0.835. The first-order valence-electron chi connectivity index (χ1n) is 5.71. The van der Waals surface area contributed by atoms with Crippen molar-refractivity contribution >= 4 is 11.6 Å². The number of nitrogens with one attached hydrogen (secondary N) is 2. The first-order chi connectivity index (χ1) is 8.74. The number of anilines is 1. The van der Waals surface area contributed by atoms with E-state index < -0.39 is 6.10 Å². The number of hydrogen-bond acceptors (Lipinski definition) is 4. The first kappa shape index (κ1) is 12.3. The molecule has 1 aromatic carbocycles. The second-order valence-corrected chi connectivity index (χ2v) is 3.88. The lowest BCUT2D eigenvalue weighted by Crippen LogP contribution is -2.44. The Labute approximate surface area is 106 Å². The van der Waals surface area contributed by atoms with Gasteiger partial charge in [-0.15, -0.1) is 6.58 Å². The van der Waals surface area contributed by atoms with Gasteiger partial charge >= 0.3 is 0 Å². The third kappa shape index (κ3) is 2.56. The van der Waals surface area contributed by atoms with E-state index in [1.165, 1.54) is 0 Å². The monoisotopic (exact) mass is 248 g/mol. The summed E-state index contributed by atoms with van der Waals surface area (Å²) < 4.78 is 10.7. The average molecular weight is 248 g/mol. The van der Waals surface area contributed by atoms with Gasteiger partial charge in [-0.1, -0.05) is 6.08 Å². The fourth-order valence-electron chi connectivity index (χ4n) is 1.71. The van der Waals surface area contributed by atoms with Crippen molar-refractivity contribution in [2.75, 3.05) is 25.5 Å². The molecule has 1 aromatic rings. The SMILES string of the molecule is C=CCNC(=O)C1CNc2cc(OC)ccc2O1. The Morgan fingerprint density at radius 3 is 3.28 bits per heavy atom. The van der Waals surface area contributed by atoms with E-state index in [9.17, 15) is 4.79 Å². The van der Waals surface area contributed by atoms with Crippen LogP contribution >= 0.6 is 0 Å². The van der Waals surface area contributed by atoms with Crippen LogP contribution in [-0.4, -0.2) is 32.2 Å². The number of benzene rings is 1. The minimum absolute atomic E-state index is 0.149. The molecule has 1 unspecified atom stereocenters. The van der Waals surface area contributed by atoms with Crippen LogP contribution in [0.25, 0.3) is 0 Å². The normalized spacial score (nSPS) is 16.8. The number of rotatable bonds is 4. The van der Waals surface area contributed by atoms with Crippen molar-refractivity contribution < 1.29 is 14.3 Å². The number of methoxy groups -OCH3 is 1. The number of ether oxygens (including phenoxy) is 2. The molecule has 1 amide bonds. The zero-order valence-electron chi connectivity index (χ0n) is 10.2. The van der Waals surface area contributed by atoms with Gasteiger partial charge in [0, 0.05) is 12.6 Å². The highest BCUT2D eigenvalue weighted by molar-refractivity contribution is 5.83. The summed E-state index contributed by atoms with van der Waals surface area (Å²) in [4.78, 5) is 11.7. The van der Waals surface area contributed by atoms with Crippen LogP contribution in [0.5, 0.6) is 11.5 Å². The van der Waals surface area contributed by atoms with Gasteiger partial charge in [-0.2, -0.15) is 0 Å². The summed E-state index contributed by atoms with van der Waals surface area (Å²) >= 11 is 0. The van der Waals surface area contributed by atoms with Crippen molar-refractivity contribution in [2.24, 2.45) is 0 Å². The Balaban J connectivity index is 2.05. The first-order valence-corrected chi connectivity index (χ1v) is 5.71. The van der Waals surface area contributed by atoms with Crippen LogP contribution in [0.4, 0.5) is 5.69 Å². The number of carbonyl (C=O) groups excluding carboxylic acids is 1. The molecule has 5 nitrogen and oxygen atoms in total. The summed E-state index contributed by atoms with van der Waals surface area (Å²) in [6, 6.07) is 5.42. The molecule has 0 saturated carbocycles. The molecule has 1 aliphatic rings. The Morgan fingerprint density at radius 1 is 1.72 bits per heavy atom. The molecule has 2 rings (SSSR count). The van der Waals surface area contributed by atoms with Crippen molar-refractivity contribution in [2.45, 2.75) is 6.10 Å². The number of amides is 1. The highest BCUT2D eigenvalue weighted by Crippen LogP contribution is 2.32. The number of fused-ring (bicyclic) bond motifs is 1. The number of carbonyl (C=O) groups is 1. The lowest BCUT2D eigenvalue weighted by Gasteiger charge is -2.26. The minimum Gasteiger partial charge on any atom is -0.497 e. The molecule has 0 bridgehead atoms. The molecule has 1 aliphatic heterocycles. The molecule has 96 valence electrons. The van der Waals surface area contributed by atoms with E-state index in [1.54, 1.807) is 25.3 Å². The van der Waals surface area contributed by atoms with E-state index in [2.05, 4.69) is 17.2 Å². The molecular formula is C13H16N2O3. The maximum atomic E-state index is 11.7. The second-order valence-electron chi connectivity index (χ2n) is 3.88.